The highest BCUT2D eigenvalue weighted by Crippen LogP contribution is 2.10. The van der Waals surface area contributed by atoms with Gasteiger partial charge in [-0.2, -0.15) is 11.8 Å². The van der Waals surface area contributed by atoms with Crippen LogP contribution in [0.5, 0.6) is 0 Å². The van der Waals surface area contributed by atoms with Crippen LogP contribution in [-0.2, 0) is 6.54 Å². The van der Waals surface area contributed by atoms with Crippen molar-refractivity contribution in [2.75, 3.05) is 18.6 Å². The van der Waals surface area contributed by atoms with Crippen molar-refractivity contribution in [2.24, 2.45) is 0 Å². The molecule has 0 aliphatic carbocycles. The lowest BCUT2D eigenvalue weighted by atomic mass is 10.2. The molecular formula is C11H16BrNS. The Labute approximate surface area is 98.8 Å². The van der Waals surface area contributed by atoms with Crippen LogP contribution in [0.2, 0.25) is 0 Å². The van der Waals surface area contributed by atoms with Gasteiger partial charge >= 0.3 is 0 Å². The maximum Gasteiger partial charge on any atom is 0.0205 e. The number of benzene rings is 1. The molecular weight excluding hydrogens is 258 g/mol. The van der Waals surface area contributed by atoms with Gasteiger partial charge < -0.3 is 5.32 Å². The van der Waals surface area contributed by atoms with Crippen LogP contribution in [0.1, 0.15) is 12.0 Å². The molecule has 1 N–H and O–H groups in total. The van der Waals surface area contributed by atoms with E-state index in [1.807, 2.05) is 11.8 Å². The van der Waals surface area contributed by atoms with Crippen LogP contribution in [0, 0.1) is 0 Å². The van der Waals surface area contributed by atoms with Crippen molar-refractivity contribution in [1.82, 2.24) is 5.32 Å². The third-order valence-corrected chi connectivity index (χ3v) is 3.17. The van der Waals surface area contributed by atoms with E-state index >= 15 is 0 Å². The van der Waals surface area contributed by atoms with Gasteiger partial charge in [0.2, 0.25) is 0 Å². The molecule has 0 amide bonds. The zero-order valence-corrected chi connectivity index (χ0v) is 10.8. The van der Waals surface area contributed by atoms with Gasteiger partial charge in [0.15, 0.2) is 0 Å². The highest BCUT2D eigenvalue weighted by atomic mass is 79.9. The Morgan fingerprint density at radius 1 is 1.29 bits per heavy atom. The Hall–Kier alpha value is 0.01000. The molecule has 3 heteroatoms. The first-order valence-corrected chi connectivity index (χ1v) is 6.95. The molecule has 1 rings (SSSR count). The van der Waals surface area contributed by atoms with E-state index in [4.69, 9.17) is 0 Å². The minimum atomic E-state index is 0.974. The third kappa shape index (κ3) is 5.03. The molecule has 0 saturated heterocycles. The number of rotatable bonds is 6. The SMILES string of the molecule is CSCCCNCc1ccc(Br)cc1. The Balaban J connectivity index is 2.15. The predicted molar refractivity (Wildman–Crippen MR) is 68.8 cm³/mol. The summed E-state index contributed by atoms with van der Waals surface area (Å²) in [6.45, 7) is 2.08. The molecule has 0 heterocycles. The molecule has 0 radical (unpaired) electrons. The lowest BCUT2D eigenvalue weighted by Gasteiger charge is -2.04. The van der Waals surface area contributed by atoms with Crippen LogP contribution in [0.25, 0.3) is 0 Å². The second-order valence-corrected chi connectivity index (χ2v) is 5.05. The van der Waals surface area contributed by atoms with Gasteiger partial charge in [-0.15, -0.1) is 0 Å². The number of halogens is 1. The summed E-state index contributed by atoms with van der Waals surface area (Å²) in [6, 6.07) is 8.45. The lowest BCUT2D eigenvalue weighted by molar-refractivity contribution is 0.679. The summed E-state index contributed by atoms with van der Waals surface area (Å²) in [5, 5.41) is 3.43. The first kappa shape index (κ1) is 12.1. The fourth-order valence-electron chi connectivity index (χ4n) is 1.18. The van der Waals surface area contributed by atoms with Crippen molar-refractivity contribution in [3.8, 4) is 0 Å². The van der Waals surface area contributed by atoms with Crippen molar-refractivity contribution in [3.05, 3.63) is 34.3 Å². The number of nitrogens with one attached hydrogen (secondary N) is 1. The molecule has 0 unspecified atom stereocenters. The largest absolute Gasteiger partial charge is 0.313 e. The average molecular weight is 274 g/mol. The molecule has 0 aliphatic rings. The smallest absolute Gasteiger partial charge is 0.0205 e. The molecule has 1 aromatic rings. The minimum Gasteiger partial charge on any atom is -0.313 e. The van der Waals surface area contributed by atoms with Gasteiger partial charge in [-0.05, 0) is 42.7 Å². The number of hydrogen-bond donors (Lipinski definition) is 1. The fraction of sp³-hybridized carbons (Fsp3) is 0.455. The van der Waals surface area contributed by atoms with Crippen molar-refractivity contribution in [3.63, 3.8) is 0 Å². The van der Waals surface area contributed by atoms with Crippen LogP contribution in [-0.4, -0.2) is 18.6 Å². The molecule has 0 atom stereocenters. The Kier molecular flexibility index (Phi) is 6.32. The fourth-order valence-corrected chi connectivity index (χ4v) is 1.87. The summed E-state index contributed by atoms with van der Waals surface area (Å²) in [7, 11) is 0. The maximum absolute atomic E-state index is 3.43. The normalized spacial score (nSPS) is 10.4. The first-order chi connectivity index (χ1) is 6.83. The molecule has 0 spiro atoms. The molecule has 78 valence electrons. The van der Waals surface area contributed by atoms with E-state index in [-0.39, 0.29) is 0 Å². The second kappa shape index (κ2) is 7.32. The quantitative estimate of drug-likeness (QED) is 0.799. The molecule has 1 aromatic carbocycles. The molecule has 14 heavy (non-hydrogen) atoms. The van der Waals surface area contributed by atoms with Crippen molar-refractivity contribution in [2.45, 2.75) is 13.0 Å². The number of thioether (sulfide) groups is 1. The van der Waals surface area contributed by atoms with E-state index in [1.165, 1.54) is 17.7 Å². The van der Waals surface area contributed by atoms with Crippen LogP contribution >= 0.6 is 27.7 Å². The van der Waals surface area contributed by atoms with E-state index in [0.29, 0.717) is 0 Å². The third-order valence-electron chi connectivity index (χ3n) is 1.94. The minimum absolute atomic E-state index is 0.974. The first-order valence-electron chi connectivity index (χ1n) is 4.77. The molecule has 0 saturated carbocycles. The Morgan fingerprint density at radius 2 is 2.00 bits per heavy atom. The monoisotopic (exact) mass is 273 g/mol. The standard InChI is InChI=1S/C11H16BrNS/c1-14-8-2-7-13-9-10-3-5-11(12)6-4-10/h3-6,13H,2,7-9H2,1H3. The van der Waals surface area contributed by atoms with E-state index in [2.05, 4.69) is 51.8 Å². The zero-order valence-electron chi connectivity index (χ0n) is 8.42. The van der Waals surface area contributed by atoms with Crippen molar-refractivity contribution in [1.29, 1.82) is 0 Å². The van der Waals surface area contributed by atoms with Gasteiger partial charge in [-0.25, -0.2) is 0 Å². The summed E-state index contributed by atoms with van der Waals surface area (Å²) in [5.41, 5.74) is 1.34. The van der Waals surface area contributed by atoms with Gasteiger partial charge in [0.1, 0.15) is 0 Å². The maximum atomic E-state index is 3.43. The highest BCUT2D eigenvalue weighted by molar-refractivity contribution is 9.10. The predicted octanol–water partition coefficient (Wildman–Crippen LogP) is 3.29. The van der Waals surface area contributed by atoms with Crippen LogP contribution in [0.3, 0.4) is 0 Å². The van der Waals surface area contributed by atoms with Gasteiger partial charge in [0.05, 0.1) is 0 Å². The van der Waals surface area contributed by atoms with Gasteiger partial charge in [0, 0.05) is 11.0 Å². The Morgan fingerprint density at radius 3 is 2.64 bits per heavy atom. The van der Waals surface area contributed by atoms with Crippen molar-refractivity contribution >= 4 is 27.7 Å². The molecule has 1 nitrogen and oxygen atoms in total. The summed E-state index contributed by atoms with van der Waals surface area (Å²) >= 11 is 5.33. The van der Waals surface area contributed by atoms with Gasteiger partial charge in [-0.1, -0.05) is 28.1 Å². The summed E-state index contributed by atoms with van der Waals surface area (Å²) in [6.07, 6.45) is 3.40. The molecule has 0 bridgehead atoms. The van der Waals surface area contributed by atoms with Crippen LogP contribution < -0.4 is 5.32 Å². The highest BCUT2D eigenvalue weighted by Gasteiger charge is 1.92. The average Bonchev–Trinajstić information content (AvgIpc) is 2.21. The van der Waals surface area contributed by atoms with Gasteiger partial charge in [-0.3, -0.25) is 0 Å². The second-order valence-electron chi connectivity index (χ2n) is 3.15. The number of hydrogen-bond acceptors (Lipinski definition) is 2. The van der Waals surface area contributed by atoms with E-state index < -0.39 is 0 Å². The zero-order chi connectivity index (χ0) is 10.2. The van der Waals surface area contributed by atoms with Gasteiger partial charge in [0.25, 0.3) is 0 Å². The van der Waals surface area contributed by atoms with E-state index in [9.17, 15) is 0 Å². The molecule has 0 fully saturated rings. The summed E-state index contributed by atoms with van der Waals surface area (Å²) in [4.78, 5) is 0. The summed E-state index contributed by atoms with van der Waals surface area (Å²) < 4.78 is 1.14. The molecule has 0 aromatic heterocycles. The van der Waals surface area contributed by atoms with Crippen LogP contribution in [0.4, 0.5) is 0 Å². The lowest BCUT2D eigenvalue weighted by Crippen LogP contribution is -2.15. The topological polar surface area (TPSA) is 12.0 Å². The van der Waals surface area contributed by atoms with E-state index in [0.717, 1.165) is 17.6 Å². The molecule has 0 aliphatic heterocycles. The van der Waals surface area contributed by atoms with Crippen molar-refractivity contribution < 1.29 is 0 Å². The summed E-state index contributed by atoms with van der Waals surface area (Å²) in [5.74, 6) is 1.24. The Bertz CT molecular complexity index is 248. The van der Waals surface area contributed by atoms with Crippen LogP contribution in [0.15, 0.2) is 28.7 Å². The van der Waals surface area contributed by atoms with E-state index in [1.54, 1.807) is 0 Å².